The molecular weight excluding hydrogens is 440 g/mol. The largest absolute Gasteiger partial charge is 0.345 e. The summed E-state index contributed by atoms with van der Waals surface area (Å²) in [5, 5.41) is 8.04. The molecule has 7 heteroatoms. The molecule has 3 aromatic rings. The van der Waals surface area contributed by atoms with Crippen molar-refractivity contribution in [2.24, 2.45) is 5.14 Å². The van der Waals surface area contributed by atoms with E-state index in [-0.39, 0.29) is 16.5 Å². The van der Waals surface area contributed by atoms with E-state index in [4.69, 9.17) is 5.14 Å². The fourth-order valence-electron chi connectivity index (χ4n) is 2.81. The van der Waals surface area contributed by atoms with E-state index in [2.05, 4.69) is 21.2 Å². The predicted octanol–water partition coefficient (Wildman–Crippen LogP) is 4.25. The summed E-state index contributed by atoms with van der Waals surface area (Å²) in [7, 11) is -3.89. The van der Waals surface area contributed by atoms with Crippen molar-refractivity contribution in [1.82, 2.24) is 5.32 Å². The molecule has 0 aromatic heterocycles. The van der Waals surface area contributed by atoms with Crippen molar-refractivity contribution in [1.29, 1.82) is 0 Å². The van der Waals surface area contributed by atoms with Crippen LogP contribution in [0.25, 0.3) is 11.1 Å². The van der Waals surface area contributed by atoms with E-state index in [1.807, 2.05) is 61.5 Å². The highest BCUT2D eigenvalue weighted by molar-refractivity contribution is 9.10. The standard InChI is InChI=1S/C21H19BrN2O3S/c1-14(15-7-9-17(10-8-15)16-5-3-2-4-6-16)24-21(25)19-13-18(28(23,26)27)11-12-20(19)22/h2-14H,1H3,(H,24,25)(H2,23,26,27)/t14-/m1/s1. The molecule has 0 aliphatic heterocycles. The Morgan fingerprint density at radius 3 is 2.18 bits per heavy atom. The van der Waals surface area contributed by atoms with E-state index in [1.165, 1.54) is 18.2 Å². The summed E-state index contributed by atoms with van der Waals surface area (Å²) in [6, 6.07) is 21.8. The molecule has 0 spiro atoms. The molecule has 3 N–H and O–H groups in total. The van der Waals surface area contributed by atoms with Crippen molar-refractivity contribution < 1.29 is 13.2 Å². The van der Waals surface area contributed by atoms with Gasteiger partial charge < -0.3 is 5.32 Å². The lowest BCUT2D eigenvalue weighted by molar-refractivity contribution is 0.0939. The van der Waals surface area contributed by atoms with Gasteiger partial charge in [-0.3, -0.25) is 4.79 Å². The van der Waals surface area contributed by atoms with E-state index in [0.29, 0.717) is 4.47 Å². The van der Waals surface area contributed by atoms with Gasteiger partial charge in [-0.15, -0.1) is 0 Å². The first kappa shape index (κ1) is 20.3. The molecular formula is C21H19BrN2O3S. The number of halogens is 1. The molecule has 0 saturated heterocycles. The molecule has 5 nitrogen and oxygen atoms in total. The lowest BCUT2D eigenvalue weighted by Crippen LogP contribution is -2.27. The highest BCUT2D eigenvalue weighted by Crippen LogP contribution is 2.24. The fourth-order valence-corrected chi connectivity index (χ4v) is 3.77. The molecule has 28 heavy (non-hydrogen) atoms. The van der Waals surface area contributed by atoms with Gasteiger partial charge in [0.15, 0.2) is 0 Å². The molecule has 0 bridgehead atoms. The second-order valence-corrected chi connectivity index (χ2v) is 8.79. The topological polar surface area (TPSA) is 89.3 Å². The van der Waals surface area contributed by atoms with Crippen molar-refractivity contribution in [3.63, 3.8) is 0 Å². The van der Waals surface area contributed by atoms with Crippen LogP contribution >= 0.6 is 15.9 Å². The van der Waals surface area contributed by atoms with Gasteiger partial charge >= 0.3 is 0 Å². The Morgan fingerprint density at radius 2 is 1.57 bits per heavy atom. The summed E-state index contributed by atoms with van der Waals surface area (Å²) < 4.78 is 23.6. The number of carbonyl (C=O) groups is 1. The average Bonchev–Trinajstić information content (AvgIpc) is 2.68. The van der Waals surface area contributed by atoms with Gasteiger partial charge in [-0.2, -0.15) is 0 Å². The van der Waals surface area contributed by atoms with E-state index in [0.717, 1.165) is 16.7 Å². The van der Waals surface area contributed by atoms with Gasteiger partial charge in [0.1, 0.15) is 0 Å². The van der Waals surface area contributed by atoms with Crippen LogP contribution < -0.4 is 10.5 Å². The molecule has 0 aliphatic carbocycles. The van der Waals surface area contributed by atoms with Gasteiger partial charge in [0.25, 0.3) is 5.91 Å². The molecule has 0 unspecified atom stereocenters. The molecule has 0 fully saturated rings. The van der Waals surface area contributed by atoms with E-state index in [1.54, 1.807) is 0 Å². The first-order valence-electron chi connectivity index (χ1n) is 8.54. The van der Waals surface area contributed by atoms with Crippen LogP contribution in [0.4, 0.5) is 0 Å². The van der Waals surface area contributed by atoms with Crippen LogP contribution in [-0.2, 0) is 10.0 Å². The molecule has 1 atom stereocenters. The van der Waals surface area contributed by atoms with E-state index >= 15 is 0 Å². The number of carbonyl (C=O) groups excluding carboxylic acids is 1. The summed E-state index contributed by atoms with van der Waals surface area (Å²) in [4.78, 5) is 12.5. The second-order valence-electron chi connectivity index (χ2n) is 6.37. The fraction of sp³-hybridized carbons (Fsp3) is 0.0952. The quantitative estimate of drug-likeness (QED) is 0.598. The Morgan fingerprint density at radius 1 is 0.964 bits per heavy atom. The maximum atomic E-state index is 12.6. The van der Waals surface area contributed by atoms with Crippen molar-refractivity contribution in [2.45, 2.75) is 17.9 Å². The van der Waals surface area contributed by atoms with Crippen LogP contribution in [0.3, 0.4) is 0 Å². The summed E-state index contributed by atoms with van der Waals surface area (Å²) in [6.45, 7) is 1.87. The Kier molecular flexibility index (Phi) is 5.98. The maximum Gasteiger partial charge on any atom is 0.252 e. The number of sulfonamides is 1. The number of amides is 1. The van der Waals surface area contributed by atoms with Gasteiger partial charge in [-0.05, 0) is 57.7 Å². The van der Waals surface area contributed by atoms with Crippen LogP contribution in [0.1, 0.15) is 28.9 Å². The van der Waals surface area contributed by atoms with Crippen LogP contribution in [0, 0.1) is 0 Å². The van der Waals surface area contributed by atoms with E-state index < -0.39 is 15.9 Å². The first-order valence-corrected chi connectivity index (χ1v) is 10.9. The van der Waals surface area contributed by atoms with Gasteiger partial charge in [0, 0.05) is 4.47 Å². The summed E-state index contributed by atoms with van der Waals surface area (Å²) >= 11 is 3.28. The summed E-state index contributed by atoms with van der Waals surface area (Å²) in [5.41, 5.74) is 3.35. The molecule has 1 amide bonds. The maximum absolute atomic E-state index is 12.6. The van der Waals surface area contributed by atoms with Gasteiger partial charge in [0.05, 0.1) is 16.5 Å². The lowest BCUT2D eigenvalue weighted by Gasteiger charge is -2.16. The Bertz CT molecular complexity index is 1100. The molecule has 3 rings (SSSR count). The molecule has 0 aliphatic rings. The third kappa shape index (κ3) is 4.67. The minimum Gasteiger partial charge on any atom is -0.345 e. The Hall–Kier alpha value is -2.48. The molecule has 0 saturated carbocycles. The highest BCUT2D eigenvalue weighted by Gasteiger charge is 2.17. The number of hydrogen-bond acceptors (Lipinski definition) is 3. The number of nitrogens with one attached hydrogen (secondary N) is 1. The predicted molar refractivity (Wildman–Crippen MR) is 113 cm³/mol. The summed E-state index contributed by atoms with van der Waals surface area (Å²) in [5.74, 6) is -0.392. The van der Waals surface area contributed by atoms with Crippen molar-refractivity contribution in [2.75, 3.05) is 0 Å². The highest BCUT2D eigenvalue weighted by atomic mass is 79.9. The van der Waals surface area contributed by atoms with Crippen molar-refractivity contribution >= 4 is 31.9 Å². The molecule has 3 aromatic carbocycles. The van der Waals surface area contributed by atoms with Crippen LogP contribution in [0.5, 0.6) is 0 Å². The normalized spacial score (nSPS) is 12.4. The first-order chi connectivity index (χ1) is 13.3. The molecule has 0 heterocycles. The van der Waals surface area contributed by atoms with Crippen LogP contribution in [0.15, 0.2) is 82.2 Å². The Balaban J connectivity index is 1.78. The monoisotopic (exact) mass is 458 g/mol. The minimum absolute atomic E-state index is 0.110. The molecule has 144 valence electrons. The SMILES string of the molecule is C[C@@H](NC(=O)c1cc(S(N)(=O)=O)ccc1Br)c1ccc(-c2ccccc2)cc1. The number of hydrogen-bond donors (Lipinski definition) is 2. The van der Waals surface area contributed by atoms with Crippen molar-refractivity contribution in [3.8, 4) is 11.1 Å². The number of nitrogens with two attached hydrogens (primary N) is 1. The third-order valence-corrected chi connectivity index (χ3v) is 5.98. The molecule has 0 radical (unpaired) electrons. The zero-order valence-electron chi connectivity index (χ0n) is 15.1. The van der Waals surface area contributed by atoms with Crippen molar-refractivity contribution in [3.05, 3.63) is 88.4 Å². The third-order valence-electron chi connectivity index (χ3n) is 4.38. The van der Waals surface area contributed by atoms with Gasteiger partial charge in [0.2, 0.25) is 10.0 Å². The second kappa shape index (κ2) is 8.26. The summed E-state index contributed by atoms with van der Waals surface area (Å²) in [6.07, 6.45) is 0. The number of primary sulfonamides is 1. The average molecular weight is 459 g/mol. The van der Waals surface area contributed by atoms with Gasteiger partial charge in [-0.1, -0.05) is 54.6 Å². The minimum atomic E-state index is -3.89. The van der Waals surface area contributed by atoms with Gasteiger partial charge in [-0.25, -0.2) is 13.6 Å². The number of benzene rings is 3. The Labute approximate surface area is 172 Å². The van der Waals surface area contributed by atoms with Crippen LogP contribution in [0.2, 0.25) is 0 Å². The smallest absolute Gasteiger partial charge is 0.252 e. The number of rotatable bonds is 5. The lowest BCUT2D eigenvalue weighted by atomic mass is 10.0. The van der Waals surface area contributed by atoms with Crippen LogP contribution in [-0.4, -0.2) is 14.3 Å². The zero-order chi connectivity index (χ0) is 20.3. The van der Waals surface area contributed by atoms with E-state index in [9.17, 15) is 13.2 Å². The zero-order valence-corrected chi connectivity index (χ0v) is 17.5.